The largest absolute Gasteiger partial charge is 0.424 e. The summed E-state index contributed by atoms with van der Waals surface area (Å²) in [6.45, 7) is 2.11. The second-order valence-electron chi connectivity index (χ2n) is 3.28. The third-order valence-electron chi connectivity index (χ3n) is 2.06. The van der Waals surface area contributed by atoms with Crippen molar-refractivity contribution in [2.45, 2.75) is 13.0 Å². The van der Waals surface area contributed by atoms with Crippen LogP contribution in [-0.2, 0) is 9.84 Å². The van der Waals surface area contributed by atoms with Crippen molar-refractivity contribution in [1.82, 2.24) is 15.5 Å². The molecule has 1 atom stereocenters. The molecular formula is C7H11N3O3S. The maximum Gasteiger partial charge on any atom is 0.234 e. The second kappa shape index (κ2) is 3.32. The van der Waals surface area contributed by atoms with E-state index >= 15 is 0 Å². The van der Waals surface area contributed by atoms with Gasteiger partial charge >= 0.3 is 0 Å². The van der Waals surface area contributed by atoms with Gasteiger partial charge in [-0.05, 0) is 0 Å². The Balaban J connectivity index is 2.20. The van der Waals surface area contributed by atoms with E-state index in [1.54, 1.807) is 6.92 Å². The van der Waals surface area contributed by atoms with E-state index in [4.69, 9.17) is 4.42 Å². The highest BCUT2D eigenvalue weighted by Crippen LogP contribution is 2.16. The van der Waals surface area contributed by atoms with Crippen LogP contribution >= 0.6 is 0 Å². The molecule has 0 radical (unpaired) electrons. The Labute approximate surface area is 81.6 Å². The van der Waals surface area contributed by atoms with Gasteiger partial charge in [-0.25, -0.2) is 8.42 Å². The number of aryl methyl sites for hydroxylation is 1. The summed E-state index contributed by atoms with van der Waals surface area (Å²) in [6, 6.07) is -0.352. The Morgan fingerprint density at radius 3 is 2.86 bits per heavy atom. The summed E-state index contributed by atoms with van der Waals surface area (Å²) in [4.78, 5) is 0. The normalized spacial score (nSPS) is 26.2. The lowest BCUT2D eigenvalue weighted by molar-refractivity contribution is 0.399. The summed E-state index contributed by atoms with van der Waals surface area (Å²) >= 11 is 0. The Morgan fingerprint density at radius 2 is 2.29 bits per heavy atom. The van der Waals surface area contributed by atoms with Gasteiger partial charge in [0.15, 0.2) is 9.84 Å². The number of nitrogens with one attached hydrogen (secondary N) is 1. The van der Waals surface area contributed by atoms with Crippen LogP contribution in [0.5, 0.6) is 0 Å². The highest BCUT2D eigenvalue weighted by atomic mass is 32.2. The molecule has 1 aromatic rings. The number of hydrogen-bond acceptors (Lipinski definition) is 6. The first kappa shape index (κ1) is 9.60. The zero-order valence-electron chi connectivity index (χ0n) is 7.73. The Bertz CT molecular complexity index is 425. The first-order chi connectivity index (χ1) is 6.57. The fourth-order valence-corrected chi connectivity index (χ4v) is 2.76. The van der Waals surface area contributed by atoms with Crippen LogP contribution in [0.2, 0.25) is 0 Å². The van der Waals surface area contributed by atoms with E-state index in [9.17, 15) is 8.42 Å². The van der Waals surface area contributed by atoms with Crippen LogP contribution < -0.4 is 5.32 Å². The van der Waals surface area contributed by atoms with Crippen molar-refractivity contribution >= 4 is 9.84 Å². The lowest BCUT2D eigenvalue weighted by atomic mass is 10.3. The summed E-state index contributed by atoms with van der Waals surface area (Å²) in [6.07, 6.45) is 0. The molecule has 2 heterocycles. The van der Waals surface area contributed by atoms with Gasteiger partial charge in [-0.3, -0.25) is 0 Å². The van der Waals surface area contributed by atoms with Gasteiger partial charge < -0.3 is 9.73 Å². The van der Waals surface area contributed by atoms with Crippen LogP contribution in [0.3, 0.4) is 0 Å². The van der Waals surface area contributed by atoms with Crippen molar-refractivity contribution in [3.05, 3.63) is 11.8 Å². The van der Waals surface area contributed by atoms with E-state index in [1.807, 2.05) is 0 Å². The summed E-state index contributed by atoms with van der Waals surface area (Å²) in [5, 5.41) is 10.5. The number of nitrogens with zero attached hydrogens (tertiary/aromatic N) is 2. The summed E-state index contributed by atoms with van der Waals surface area (Å²) in [7, 11) is -2.96. The van der Waals surface area contributed by atoms with Gasteiger partial charge in [0.25, 0.3) is 0 Å². The molecule has 0 saturated carbocycles. The Kier molecular flexibility index (Phi) is 2.28. The van der Waals surface area contributed by atoms with Crippen LogP contribution in [0.1, 0.15) is 17.8 Å². The molecule has 1 N–H and O–H groups in total. The number of hydrogen-bond donors (Lipinski definition) is 1. The minimum absolute atomic E-state index is 0.0363. The predicted molar refractivity (Wildman–Crippen MR) is 48.4 cm³/mol. The van der Waals surface area contributed by atoms with Gasteiger partial charge in [0.2, 0.25) is 11.8 Å². The Hall–Kier alpha value is -0.950. The molecule has 1 aliphatic heterocycles. The first-order valence-corrected chi connectivity index (χ1v) is 6.13. The average Bonchev–Trinajstić information content (AvgIpc) is 2.50. The molecule has 1 saturated heterocycles. The number of aromatic nitrogens is 2. The van der Waals surface area contributed by atoms with Crippen molar-refractivity contribution in [3.8, 4) is 0 Å². The third-order valence-corrected chi connectivity index (χ3v) is 3.73. The molecule has 14 heavy (non-hydrogen) atoms. The van der Waals surface area contributed by atoms with E-state index in [0.717, 1.165) is 0 Å². The first-order valence-electron chi connectivity index (χ1n) is 4.31. The van der Waals surface area contributed by atoms with Crippen LogP contribution in [0, 0.1) is 6.92 Å². The van der Waals surface area contributed by atoms with Crippen molar-refractivity contribution < 1.29 is 12.8 Å². The highest BCUT2D eigenvalue weighted by Gasteiger charge is 2.28. The zero-order valence-corrected chi connectivity index (χ0v) is 8.54. The van der Waals surface area contributed by atoms with Crippen LogP contribution in [0.4, 0.5) is 0 Å². The molecule has 1 aliphatic rings. The van der Waals surface area contributed by atoms with Gasteiger partial charge in [-0.15, -0.1) is 10.2 Å². The maximum atomic E-state index is 11.3. The van der Waals surface area contributed by atoms with E-state index in [0.29, 0.717) is 18.3 Å². The average molecular weight is 217 g/mol. The smallest absolute Gasteiger partial charge is 0.234 e. The monoisotopic (exact) mass is 217 g/mol. The van der Waals surface area contributed by atoms with Crippen LogP contribution in [0.25, 0.3) is 0 Å². The minimum atomic E-state index is -2.96. The number of sulfone groups is 1. The van der Waals surface area contributed by atoms with E-state index in [-0.39, 0.29) is 17.5 Å². The van der Waals surface area contributed by atoms with Crippen molar-refractivity contribution in [2.75, 3.05) is 18.1 Å². The maximum absolute atomic E-state index is 11.3. The van der Waals surface area contributed by atoms with Gasteiger partial charge in [0.1, 0.15) is 6.04 Å². The Morgan fingerprint density at radius 1 is 1.50 bits per heavy atom. The third kappa shape index (κ3) is 1.93. The second-order valence-corrected chi connectivity index (χ2v) is 5.51. The standard InChI is InChI=1S/C7H11N3O3S/c1-5-9-10-7(13-5)6-4-14(11,12)3-2-8-6/h6,8H,2-4H2,1H3. The zero-order chi connectivity index (χ0) is 10.2. The molecule has 0 spiro atoms. The van der Waals surface area contributed by atoms with Crippen LogP contribution in [-0.4, -0.2) is 36.7 Å². The topological polar surface area (TPSA) is 85.1 Å². The van der Waals surface area contributed by atoms with E-state index < -0.39 is 9.84 Å². The molecule has 1 fully saturated rings. The van der Waals surface area contributed by atoms with Gasteiger partial charge in [-0.1, -0.05) is 0 Å². The molecule has 1 unspecified atom stereocenters. The molecule has 78 valence electrons. The fraction of sp³-hybridized carbons (Fsp3) is 0.714. The van der Waals surface area contributed by atoms with Gasteiger partial charge in [-0.2, -0.15) is 0 Å². The molecule has 2 rings (SSSR count). The van der Waals surface area contributed by atoms with Gasteiger partial charge in [0.05, 0.1) is 11.5 Å². The molecule has 0 aliphatic carbocycles. The summed E-state index contributed by atoms with van der Waals surface area (Å²) < 4.78 is 27.8. The molecule has 1 aromatic heterocycles. The molecule has 0 amide bonds. The lowest BCUT2D eigenvalue weighted by Crippen LogP contribution is -2.39. The number of rotatable bonds is 1. The molecule has 0 bridgehead atoms. The minimum Gasteiger partial charge on any atom is -0.424 e. The van der Waals surface area contributed by atoms with Crippen LogP contribution in [0.15, 0.2) is 4.42 Å². The van der Waals surface area contributed by atoms with Crippen molar-refractivity contribution in [2.24, 2.45) is 0 Å². The molecular weight excluding hydrogens is 206 g/mol. The predicted octanol–water partition coefficient (Wildman–Crippen LogP) is -0.563. The van der Waals surface area contributed by atoms with Gasteiger partial charge in [0, 0.05) is 13.5 Å². The van der Waals surface area contributed by atoms with E-state index in [2.05, 4.69) is 15.5 Å². The quantitative estimate of drug-likeness (QED) is 0.678. The summed E-state index contributed by atoms with van der Waals surface area (Å²) in [5.41, 5.74) is 0. The summed E-state index contributed by atoms with van der Waals surface area (Å²) in [5.74, 6) is 1.01. The van der Waals surface area contributed by atoms with Crippen molar-refractivity contribution in [1.29, 1.82) is 0 Å². The molecule has 0 aromatic carbocycles. The van der Waals surface area contributed by atoms with Crippen molar-refractivity contribution in [3.63, 3.8) is 0 Å². The SMILES string of the molecule is Cc1nnc(C2CS(=O)(=O)CCN2)o1. The highest BCUT2D eigenvalue weighted by molar-refractivity contribution is 7.91. The molecule has 7 heteroatoms. The fourth-order valence-electron chi connectivity index (χ4n) is 1.40. The van der Waals surface area contributed by atoms with E-state index in [1.165, 1.54) is 0 Å². The lowest BCUT2D eigenvalue weighted by Gasteiger charge is -2.20. The molecule has 6 nitrogen and oxygen atoms in total.